The van der Waals surface area contributed by atoms with Crippen molar-refractivity contribution in [1.29, 1.82) is 0 Å². The number of aliphatic hydroxyl groups is 4. The minimum absolute atomic E-state index is 0.0891. The SMILES string of the molecule is O=C1NC(NC2CCN([C@@H]3O[C@H](CO)[C@@H](O)C3(F)F)C(=O)N2)CCN1[C@@H]1O[C@H](CO)[C@@H](O)C1(F)F. The van der Waals surface area contributed by atoms with E-state index in [1.807, 2.05) is 0 Å². The molecule has 200 valence electrons. The third kappa shape index (κ3) is 4.49. The fourth-order valence-electron chi connectivity index (χ4n) is 4.59. The Morgan fingerprint density at radius 3 is 1.49 bits per heavy atom. The van der Waals surface area contributed by atoms with Gasteiger partial charge in [0.25, 0.3) is 0 Å². The molecule has 4 aliphatic rings. The zero-order valence-electron chi connectivity index (χ0n) is 18.2. The summed E-state index contributed by atoms with van der Waals surface area (Å²) in [5.41, 5.74) is 0. The van der Waals surface area contributed by atoms with Gasteiger partial charge in [-0.3, -0.25) is 15.1 Å². The van der Waals surface area contributed by atoms with Crippen LogP contribution in [0.2, 0.25) is 0 Å². The van der Waals surface area contributed by atoms with Crippen molar-refractivity contribution in [2.75, 3.05) is 26.3 Å². The maximum atomic E-state index is 14.3. The molecule has 35 heavy (non-hydrogen) atoms. The van der Waals surface area contributed by atoms with Crippen LogP contribution in [0.4, 0.5) is 27.2 Å². The summed E-state index contributed by atoms with van der Waals surface area (Å²) in [5.74, 6) is -7.61. The first-order valence-corrected chi connectivity index (χ1v) is 11.0. The molecule has 0 bridgehead atoms. The van der Waals surface area contributed by atoms with Gasteiger partial charge in [0.1, 0.15) is 12.2 Å². The minimum atomic E-state index is -3.81. The number of hydrogen-bond donors (Lipinski definition) is 7. The number of amides is 4. The molecule has 2 unspecified atom stereocenters. The van der Waals surface area contributed by atoms with Crippen LogP contribution in [0.25, 0.3) is 0 Å². The van der Waals surface area contributed by atoms with Crippen molar-refractivity contribution >= 4 is 12.1 Å². The summed E-state index contributed by atoms with van der Waals surface area (Å²) in [6.45, 7) is -2.13. The second-order valence-electron chi connectivity index (χ2n) is 8.79. The van der Waals surface area contributed by atoms with Crippen LogP contribution in [0.3, 0.4) is 0 Å². The van der Waals surface area contributed by atoms with Crippen LogP contribution >= 0.6 is 0 Å². The first-order chi connectivity index (χ1) is 16.4. The van der Waals surface area contributed by atoms with Crippen molar-refractivity contribution in [3.05, 3.63) is 0 Å². The zero-order valence-corrected chi connectivity index (χ0v) is 18.2. The van der Waals surface area contributed by atoms with Gasteiger partial charge in [-0.15, -0.1) is 0 Å². The Morgan fingerprint density at radius 1 is 0.829 bits per heavy atom. The molecule has 0 aromatic heterocycles. The van der Waals surface area contributed by atoms with Gasteiger partial charge in [-0.1, -0.05) is 0 Å². The third-order valence-electron chi connectivity index (χ3n) is 6.52. The summed E-state index contributed by atoms with van der Waals surface area (Å²) < 4.78 is 67.3. The van der Waals surface area contributed by atoms with Crippen LogP contribution in [0.15, 0.2) is 0 Å². The zero-order chi connectivity index (χ0) is 25.7. The van der Waals surface area contributed by atoms with Crippen molar-refractivity contribution < 1.29 is 57.1 Å². The second kappa shape index (κ2) is 9.45. The van der Waals surface area contributed by atoms with Crippen LogP contribution in [-0.4, -0.2) is 130 Å². The molecule has 0 aromatic carbocycles. The Morgan fingerprint density at radius 2 is 1.20 bits per heavy atom. The molecule has 0 saturated carbocycles. The highest BCUT2D eigenvalue weighted by Gasteiger charge is 2.63. The van der Waals surface area contributed by atoms with Gasteiger partial charge in [-0.25, -0.2) is 9.59 Å². The number of alkyl halides is 4. The number of ether oxygens (including phenoxy) is 2. The van der Waals surface area contributed by atoms with Gasteiger partial charge in [0.2, 0.25) is 12.5 Å². The van der Waals surface area contributed by atoms with Crippen molar-refractivity contribution in [1.82, 2.24) is 25.8 Å². The molecule has 0 aromatic rings. The number of urea groups is 2. The van der Waals surface area contributed by atoms with Crippen LogP contribution in [0.1, 0.15) is 12.8 Å². The average Bonchev–Trinajstić information content (AvgIpc) is 3.17. The van der Waals surface area contributed by atoms with Crippen molar-refractivity contribution in [3.8, 4) is 0 Å². The number of halogens is 4. The van der Waals surface area contributed by atoms with E-state index in [2.05, 4.69) is 16.0 Å². The summed E-state index contributed by atoms with van der Waals surface area (Å²) in [6, 6.07) is -1.87. The van der Waals surface area contributed by atoms with E-state index < -0.39 is 86.3 Å². The molecule has 0 spiro atoms. The lowest BCUT2D eigenvalue weighted by Crippen LogP contribution is -2.67. The molecule has 0 aliphatic carbocycles. The molecule has 4 saturated heterocycles. The highest BCUT2D eigenvalue weighted by molar-refractivity contribution is 5.76. The van der Waals surface area contributed by atoms with Crippen molar-refractivity contribution in [3.63, 3.8) is 0 Å². The Balaban J connectivity index is 1.31. The van der Waals surface area contributed by atoms with E-state index in [1.165, 1.54) is 0 Å². The number of rotatable bonds is 6. The Bertz CT molecular complexity index is 764. The fourth-order valence-corrected chi connectivity index (χ4v) is 4.59. The van der Waals surface area contributed by atoms with Crippen molar-refractivity contribution in [2.45, 2.75) is 73.9 Å². The number of aliphatic hydroxyl groups excluding tert-OH is 4. The van der Waals surface area contributed by atoms with Crippen LogP contribution in [0, 0.1) is 0 Å². The lowest BCUT2D eigenvalue weighted by molar-refractivity contribution is -0.158. The van der Waals surface area contributed by atoms with E-state index in [0.717, 1.165) is 0 Å². The standard InChI is InChI=1S/C18H27F4N5O8/c19-17(20)11(30)7(5-28)34-13(17)26-3-1-9(24-15(26)32)23-10-2-4-27(16(33)25-10)14-18(21,22)12(31)8(6-29)35-14/h7-14,23,28-31H,1-6H2,(H,24,32)(H,25,33)/t7-,8-,9?,10?,11-,12-,13-,14-/m1/s1. The highest BCUT2D eigenvalue weighted by Crippen LogP contribution is 2.39. The van der Waals surface area contributed by atoms with Gasteiger partial charge in [-0.05, 0) is 12.8 Å². The van der Waals surface area contributed by atoms with Gasteiger partial charge in [-0.2, -0.15) is 17.6 Å². The molecule has 0 radical (unpaired) electrons. The van der Waals surface area contributed by atoms with Crippen LogP contribution in [0.5, 0.6) is 0 Å². The van der Waals surface area contributed by atoms with Gasteiger partial charge in [0, 0.05) is 13.1 Å². The smallest absolute Gasteiger partial charge is 0.320 e. The Hall–Kier alpha value is -2.02. The predicted molar refractivity (Wildman–Crippen MR) is 104 cm³/mol. The molecule has 4 aliphatic heterocycles. The monoisotopic (exact) mass is 517 g/mol. The average molecular weight is 517 g/mol. The summed E-state index contributed by atoms with van der Waals surface area (Å²) in [4.78, 5) is 26.3. The molecule has 4 amide bonds. The largest absolute Gasteiger partial charge is 0.394 e. The molecule has 13 nitrogen and oxygen atoms in total. The normalized spacial score (nSPS) is 41.1. The molecular formula is C18H27F4N5O8. The van der Waals surface area contributed by atoms with Gasteiger partial charge < -0.3 is 40.5 Å². The van der Waals surface area contributed by atoms with E-state index in [9.17, 15) is 37.4 Å². The molecule has 4 fully saturated rings. The van der Waals surface area contributed by atoms with E-state index in [-0.39, 0.29) is 25.9 Å². The number of nitrogens with zero attached hydrogens (tertiary/aromatic N) is 2. The van der Waals surface area contributed by atoms with Crippen LogP contribution < -0.4 is 16.0 Å². The molecule has 17 heteroatoms. The number of nitrogens with one attached hydrogen (secondary N) is 3. The topological polar surface area (TPSA) is 176 Å². The lowest BCUT2D eigenvalue weighted by atomic mass is 10.1. The van der Waals surface area contributed by atoms with E-state index in [4.69, 9.17) is 19.7 Å². The first kappa shape index (κ1) is 26.1. The molecule has 7 N–H and O–H groups in total. The predicted octanol–water partition coefficient (Wildman–Crippen LogP) is -2.51. The third-order valence-corrected chi connectivity index (χ3v) is 6.52. The summed E-state index contributed by atoms with van der Waals surface area (Å²) in [6.07, 6.45) is -13.2. The van der Waals surface area contributed by atoms with Gasteiger partial charge in [0.05, 0.1) is 25.5 Å². The quantitative estimate of drug-likeness (QED) is 0.188. The lowest BCUT2D eigenvalue weighted by Gasteiger charge is -2.41. The molecule has 4 rings (SSSR count). The van der Waals surface area contributed by atoms with Gasteiger partial charge >= 0.3 is 23.9 Å². The maximum Gasteiger partial charge on any atom is 0.320 e. The number of hydrogen-bond acceptors (Lipinski definition) is 9. The minimum Gasteiger partial charge on any atom is -0.394 e. The Kier molecular flexibility index (Phi) is 7.04. The molecule has 8 atom stereocenters. The van der Waals surface area contributed by atoms with Gasteiger partial charge in [0.15, 0.2) is 12.2 Å². The maximum absolute atomic E-state index is 14.3. The summed E-state index contributed by atoms with van der Waals surface area (Å²) in [5, 5.41) is 45.2. The highest BCUT2D eigenvalue weighted by atomic mass is 19.3. The Labute approximate surface area is 195 Å². The van der Waals surface area contributed by atoms with E-state index in [1.54, 1.807) is 0 Å². The van der Waals surface area contributed by atoms with E-state index in [0.29, 0.717) is 9.80 Å². The number of carbonyl (C=O) groups is 2. The first-order valence-electron chi connectivity index (χ1n) is 11.0. The fraction of sp³-hybridized carbons (Fsp3) is 0.889. The number of carbonyl (C=O) groups excluding carboxylic acids is 2. The molecular weight excluding hydrogens is 490 g/mol. The molecule has 4 heterocycles. The summed E-state index contributed by atoms with van der Waals surface area (Å²) in [7, 11) is 0. The summed E-state index contributed by atoms with van der Waals surface area (Å²) >= 11 is 0. The van der Waals surface area contributed by atoms with E-state index >= 15 is 0 Å². The van der Waals surface area contributed by atoms with Crippen LogP contribution in [-0.2, 0) is 9.47 Å². The van der Waals surface area contributed by atoms with Crippen molar-refractivity contribution in [2.24, 2.45) is 0 Å². The second-order valence-corrected chi connectivity index (χ2v) is 8.79.